The topological polar surface area (TPSA) is 84.3 Å². The molecule has 0 aliphatic rings. The summed E-state index contributed by atoms with van der Waals surface area (Å²) in [4.78, 5) is 0. The largest absolute Gasteiger partial charge is 0.510 e. The minimum absolute atomic E-state index is 0.307. The molecule has 0 aromatic heterocycles. The summed E-state index contributed by atoms with van der Waals surface area (Å²) in [5, 5.41) is 13.0. The van der Waals surface area contributed by atoms with Crippen LogP contribution in [0.4, 0.5) is 0 Å². The standard InChI is InChI=1S/C17H21N3O/c18-17(19)15-8-6-14(7-9-15)11-20-12-16(21)10-13-4-2-1-3-5-13/h1-9,12,17,20-21H,10-11,18-19H2. The monoisotopic (exact) mass is 283 g/mol. The highest BCUT2D eigenvalue weighted by Gasteiger charge is 1.99. The van der Waals surface area contributed by atoms with Gasteiger partial charge >= 0.3 is 0 Å². The van der Waals surface area contributed by atoms with Gasteiger partial charge in [-0.05, 0) is 16.7 Å². The second-order valence-corrected chi connectivity index (χ2v) is 4.95. The van der Waals surface area contributed by atoms with Gasteiger partial charge in [0, 0.05) is 19.2 Å². The van der Waals surface area contributed by atoms with Gasteiger partial charge in [0.1, 0.15) is 5.76 Å². The van der Waals surface area contributed by atoms with Gasteiger partial charge in [-0.2, -0.15) is 0 Å². The van der Waals surface area contributed by atoms with Crippen LogP contribution in [0.3, 0.4) is 0 Å². The number of hydrogen-bond acceptors (Lipinski definition) is 4. The lowest BCUT2D eigenvalue weighted by Crippen LogP contribution is -2.19. The fraction of sp³-hybridized carbons (Fsp3) is 0.176. The summed E-state index contributed by atoms with van der Waals surface area (Å²) in [6, 6.07) is 17.6. The predicted octanol–water partition coefficient (Wildman–Crippen LogP) is 2.33. The lowest BCUT2D eigenvalue weighted by atomic mass is 10.1. The summed E-state index contributed by atoms with van der Waals surface area (Å²) in [7, 11) is 0. The van der Waals surface area contributed by atoms with E-state index in [0.29, 0.717) is 18.7 Å². The third-order valence-electron chi connectivity index (χ3n) is 3.17. The maximum Gasteiger partial charge on any atom is 0.112 e. The van der Waals surface area contributed by atoms with Crippen molar-refractivity contribution >= 4 is 0 Å². The highest BCUT2D eigenvalue weighted by molar-refractivity contribution is 5.24. The quantitative estimate of drug-likeness (QED) is 0.484. The van der Waals surface area contributed by atoms with Crippen molar-refractivity contribution in [3.63, 3.8) is 0 Å². The Balaban J connectivity index is 1.84. The van der Waals surface area contributed by atoms with E-state index in [9.17, 15) is 5.11 Å². The number of allylic oxidation sites excluding steroid dienone is 1. The molecule has 21 heavy (non-hydrogen) atoms. The van der Waals surface area contributed by atoms with E-state index in [1.54, 1.807) is 6.20 Å². The van der Waals surface area contributed by atoms with Crippen molar-refractivity contribution in [2.75, 3.05) is 0 Å². The van der Waals surface area contributed by atoms with Gasteiger partial charge in [-0.3, -0.25) is 0 Å². The van der Waals surface area contributed by atoms with Crippen molar-refractivity contribution in [3.05, 3.63) is 83.2 Å². The molecular weight excluding hydrogens is 262 g/mol. The highest BCUT2D eigenvalue weighted by atomic mass is 16.3. The summed E-state index contributed by atoms with van der Waals surface area (Å²) in [6.45, 7) is 0.638. The van der Waals surface area contributed by atoms with E-state index in [-0.39, 0.29) is 0 Å². The minimum atomic E-state index is -0.443. The molecule has 0 bridgehead atoms. The maximum absolute atomic E-state index is 9.86. The first-order chi connectivity index (χ1) is 10.1. The summed E-state index contributed by atoms with van der Waals surface area (Å²) < 4.78 is 0. The summed E-state index contributed by atoms with van der Waals surface area (Å²) in [5.74, 6) is 0.307. The minimum Gasteiger partial charge on any atom is -0.510 e. The van der Waals surface area contributed by atoms with Crippen LogP contribution < -0.4 is 16.8 Å². The number of aliphatic hydroxyl groups is 1. The van der Waals surface area contributed by atoms with E-state index in [1.807, 2.05) is 54.6 Å². The van der Waals surface area contributed by atoms with Crippen molar-refractivity contribution in [1.82, 2.24) is 5.32 Å². The van der Waals surface area contributed by atoms with Crippen LogP contribution in [0.2, 0.25) is 0 Å². The van der Waals surface area contributed by atoms with Gasteiger partial charge in [-0.25, -0.2) is 0 Å². The van der Waals surface area contributed by atoms with E-state index < -0.39 is 6.17 Å². The molecule has 0 fully saturated rings. The Bertz CT molecular complexity index is 577. The van der Waals surface area contributed by atoms with Gasteiger partial charge in [0.15, 0.2) is 0 Å². The molecule has 0 amide bonds. The number of nitrogens with two attached hydrogens (primary N) is 2. The second kappa shape index (κ2) is 7.47. The number of rotatable bonds is 6. The second-order valence-electron chi connectivity index (χ2n) is 4.95. The van der Waals surface area contributed by atoms with E-state index in [1.165, 1.54) is 0 Å². The average Bonchev–Trinajstić information content (AvgIpc) is 2.49. The maximum atomic E-state index is 9.86. The number of nitrogens with one attached hydrogen (secondary N) is 1. The van der Waals surface area contributed by atoms with Crippen LogP contribution in [0.15, 0.2) is 66.6 Å². The third kappa shape index (κ3) is 4.95. The number of aliphatic hydroxyl groups excluding tert-OH is 1. The molecule has 0 saturated carbocycles. The molecule has 0 heterocycles. The summed E-state index contributed by atoms with van der Waals surface area (Å²) >= 11 is 0. The Hall–Kier alpha value is -2.30. The smallest absolute Gasteiger partial charge is 0.112 e. The van der Waals surface area contributed by atoms with E-state index in [4.69, 9.17) is 11.5 Å². The number of hydrogen-bond donors (Lipinski definition) is 4. The molecule has 0 aliphatic heterocycles. The first-order valence-corrected chi connectivity index (χ1v) is 6.90. The predicted molar refractivity (Wildman–Crippen MR) is 85.3 cm³/mol. The van der Waals surface area contributed by atoms with Crippen LogP contribution in [0.1, 0.15) is 22.9 Å². The van der Waals surface area contributed by atoms with E-state index >= 15 is 0 Å². The Morgan fingerprint density at radius 1 is 1.00 bits per heavy atom. The Morgan fingerprint density at radius 2 is 1.67 bits per heavy atom. The highest BCUT2D eigenvalue weighted by Crippen LogP contribution is 2.08. The summed E-state index contributed by atoms with van der Waals surface area (Å²) in [5.41, 5.74) is 14.3. The first kappa shape index (κ1) is 15.1. The van der Waals surface area contributed by atoms with E-state index in [0.717, 1.165) is 16.7 Å². The third-order valence-corrected chi connectivity index (χ3v) is 3.17. The molecule has 0 radical (unpaired) electrons. The van der Waals surface area contributed by atoms with Gasteiger partial charge < -0.3 is 21.9 Å². The normalized spacial score (nSPS) is 11.7. The average molecular weight is 283 g/mol. The molecular formula is C17H21N3O. The van der Waals surface area contributed by atoms with Crippen LogP contribution >= 0.6 is 0 Å². The van der Waals surface area contributed by atoms with Gasteiger partial charge in [0.2, 0.25) is 0 Å². The zero-order chi connectivity index (χ0) is 15.1. The molecule has 0 unspecified atom stereocenters. The SMILES string of the molecule is NC(N)c1ccc(CNC=C(O)Cc2ccccc2)cc1. The molecule has 0 spiro atoms. The molecule has 110 valence electrons. The number of benzene rings is 2. The van der Waals surface area contributed by atoms with Crippen molar-refractivity contribution < 1.29 is 5.11 Å². The van der Waals surface area contributed by atoms with E-state index in [2.05, 4.69) is 5.32 Å². The van der Waals surface area contributed by atoms with Crippen LogP contribution in [0.25, 0.3) is 0 Å². The van der Waals surface area contributed by atoms with Crippen LogP contribution in [-0.4, -0.2) is 5.11 Å². The lowest BCUT2D eigenvalue weighted by Gasteiger charge is -2.07. The molecule has 4 nitrogen and oxygen atoms in total. The fourth-order valence-corrected chi connectivity index (χ4v) is 2.00. The van der Waals surface area contributed by atoms with Gasteiger partial charge in [0.25, 0.3) is 0 Å². The zero-order valence-electron chi connectivity index (χ0n) is 11.9. The van der Waals surface area contributed by atoms with Crippen molar-refractivity contribution in [1.29, 1.82) is 0 Å². The first-order valence-electron chi connectivity index (χ1n) is 6.90. The van der Waals surface area contributed by atoms with Crippen molar-refractivity contribution in [3.8, 4) is 0 Å². The molecule has 2 rings (SSSR count). The van der Waals surface area contributed by atoms with Gasteiger partial charge in [-0.1, -0.05) is 54.6 Å². The Labute approximate surface area is 125 Å². The van der Waals surface area contributed by atoms with Crippen molar-refractivity contribution in [2.24, 2.45) is 11.5 Å². The van der Waals surface area contributed by atoms with Gasteiger partial charge in [0.05, 0.1) is 6.17 Å². The van der Waals surface area contributed by atoms with Gasteiger partial charge in [-0.15, -0.1) is 0 Å². The molecule has 6 N–H and O–H groups in total. The Morgan fingerprint density at radius 3 is 2.29 bits per heavy atom. The van der Waals surface area contributed by atoms with Crippen LogP contribution in [-0.2, 0) is 13.0 Å². The fourth-order valence-electron chi connectivity index (χ4n) is 2.00. The Kier molecular flexibility index (Phi) is 5.37. The van der Waals surface area contributed by atoms with Crippen LogP contribution in [0, 0.1) is 0 Å². The van der Waals surface area contributed by atoms with Crippen LogP contribution in [0.5, 0.6) is 0 Å². The molecule has 0 saturated heterocycles. The zero-order valence-corrected chi connectivity index (χ0v) is 11.9. The summed E-state index contributed by atoms with van der Waals surface area (Å²) in [6.07, 6.45) is 1.71. The molecule has 4 heteroatoms. The molecule has 0 aliphatic carbocycles. The van der Waals surface area contributed by atoms with Crippen molar-refractivity contribution in [2.45, 2.75) is 19.1 Å². The lowest BCUT2D eigenvalue weighted by molar-refractivity contribution is 0.393. The molecule has 0 atom stereocenters. The molecule has 2 aromatic rings. The molecule has 2 aromatic carbocycles.